The quantitative estimate of drug-likeness (QED) is 0.421. The minimum atomic E-state index is -0.0303. The summed E-state index contributed by atoms with van der Waals surface area (Å²) in [6.45, 7) is 4.38. The molecule has 0 spiro atoms. The lowest BCUT2D eigenvalue weighted by Crippen LogP contribution is -2.33. The number of likely N-dealkylation sites (tertiary alicyclic amines) is 1. The molecule has 0 N–H and O–H groups in total. The van der Waals surface area contributed by atoms with E-state index in [9.17, 15) is 9.59 Å². The Bertz CT molecular complexity index is 358. The van der Waals surface area contributed by atoms with Crippen LogP contribution in [0.4, 0.5) is 0 Å². The second-order valence-corrected chi connectivity index (χ2v) is 5.39. The zero-order valence-corrected chi connectivity index (χ0v) is 9.97. The first-order valence-electron chi connectivity index (χ1n) is 6.57. The number of amides is 2. The van der Waals surface area contributed by atoms with Gasteiger partial charge in [0.25, 0.3) is 0 Å². The van der Waals surface area contributed by atoms with Gasteiger partial charge in [-0.25, -0.2) is 0 Å². The molecule has 3 nitrogen and oxygen atoms in total. The lowest BCUT2D eigenvalue weighted by atomic mass is 9.85. The van der Waals surface area contributed by atoms with Crippen LogP contribution in [0.2, 0.25) is 0 Å². The van der Waals surface area contributed by atoms with Crippen molar-refractivity contribution in [2.45, 2.75) is 25.7 Å². The van der Waals surface area contributed by atoms with E-state index in [2.05, 4.69) is 19.1 Å². The Balaban J connectivity index is 1.74. The smallest absolute Gasteiger partial charge is 0.233 e. The number of allylic oxidation sites excluding steroid dienone is 2. The maximum absolute atomic E-state index is 12.2. The van der Waals surface area contributed by atoms with Crippen LogP contribution in [0.15, 0.2) is 12.2 Å². The van der Waals surface area contributed by atoms with Gasteiger partial charge in [-0.15, -0.1) is 0 Å². The van der Waals surface area contributed by atoms with E-state index >= 15 is 0 Å². The van der Waals surface area contributed by atoms with Gasteiger partial charge >= 0.3 is 0 Å². The van der Waals surface area contributed by atoms with Gasteiger partial charge in [0.2, 0.25) is 11.8 Å². The first-order valence-corrected chi connectivity index (χ1v) is 6.57. The average molecular weight is 232 g/mol. The SMILES string of the molecule is [CH2]CCCCN1C(=O)[C@@H]2[C@H](C1=O)[C@H]1C=C[C@@H]2C1. The molecule has 3 heteroatoms. The molecular weight excluding hydrogens is 214 g/mol. The van der Waals surface area contributed by atoms with Gasteiger partial charge in [-0.2, -0.15) is 0 Å². The lowest BCUT2D eigenvalue weighted by Gasteiger charge is -2.16. The van der Waals surface area contributed by atoms with Crippen molar-refractivity contribution >= 4 is 11.8 Å². The van der Waals surface area contributed by atoms with Gasteiger partial charge < -0.3 is 0 Å². The van der Waals surface area contributed by atoms with Crippen LogP contribution in [0, 0.1) is 30.6 Å². The highest BCUT2D eigenvalue weighted by Crippen LogP contribution is 2.52. The van der Waals surface area contributed by atoms with Crippen molar-refractivity contribution in [2.75, 3.05) is 6.54 Å². The maximum Gasteiger partial charge on any atom is 0.233 e. The zero-order chi connectivity index (χ0) is 12.0. The summed E-state index contributed by atoms with van der Waals surface area (Å²) in [5.41, 5.74) is 0. The molecule has 3 aliphatic rings. The highest BCUT2D eigenvalue weighted by Gasteiger charge is 2.58. The fraction of sp³-hybridized carbons (Fsp3) is 0.643. The Kier molecular flexibility index (Phi) is 2.57. The van der Waals surface area contributed by atoms with Crippen molar-refractivity contribution in [2.24, 2.45) is 23.7 Å². The molecule has 1 aliphatic heterocycles. The number of rotatable bonds is 4. The summed E-state index contributed by atoms with van der Waals surface area (Å²) < 4.78 is 0. The molecule has 17 heavy (non-hydrogen) atoms. The molecule has 3 rings (SSSR count). The Labute approximate surface area is 102 Å². The van der Waals surface area contributed by atoms with Crippen LogP contribution in [0.5, 0.6) is 0 Å². The number of carbonyl (C=O) groups excluding carboxylic acids is 2. The van der Waals surface area contributed by atoms with Crippen molar-refractivity contribution in [3.05, 3.63) is 19.1 Å². The summed E-state index contributed by atoms with van der Waals surface area (Å²) in [5, 5.41) is 0. The van der Waals surface area contributed by atoms with Crippen LogP contribution in [-0.4, -0.2) is 23.3 Å². The van der Waals surface area contributed by atoms with Crippen molar-refractivity contribution in [3.63, 3.8) is 0 Å². The van der Waals surface area contributed by atoms with Crippen LogP contribution in [0.1, 0.15) is 25.7 Å². The standard InChI is InChI=1S/C14H18NO2/c1-2-3-4-7-15-13(16)11-9-5-6-10(8-9)12(11)14(15)17/h5-6,9-12H,1-4,7-8H2/t9-,10+,11+,12-. The van der Waals surface area contributed by atoms with Gasteiger partial charge in [-0.05, 0) is 24.7 Å². The molecule has 1 saturated heterocycles. The third-order valence-electron chi connectivity index (χ3n) is 4.44. The van der Waals surface area contributed by atoms with Gasteiger partial charge in [-0.3, -0.25) is 14.5 Å². The van der Waals surface area contributed by atoms with E-state index in [1.54, 1.807) is 0 Å². The average Bonchev–Trinajstić information content (AvgIpc) is 2.97. The largest absolute Gasteiger partial charge is 0.282 e. The molecule has 1 radical (unpaired) electrons. The maximum atomic E-state index is 12.2. The second kappa shape index (κ2) is 3.97. The second-order valence-electron chi connectivity index (χ2n) is 5.39. The molecule has 2 amide bonds. The molecule has 2 bridgehead atoms. The van der Waals surface area contributed by atoms with Crippen LogP contribution in [0.3, 0.4) is 0 Å². The van der Waals surface area contributed by atoms with E-state index in [-0.39, 0.29) is 23.7 Å². The lowest BCUT2D eigenvalue weighted by molar-refractivity contribution is -0.140. The molecule has 2 aliphatic carbocycles. The molecule has 0 unspecified atom stereocenters. The van der Waals surface area contributed by atoms with Gasteiger partial charge in [0, 0.05) is 6.54 Å². The van der Waals surface area contributed by atoms with Crippen molar-refractivity contribution < 1.29 is 9.59 Å². The number of hydrogen-bond acceptors (Lipinski definition) is 2. The molecule has 91 valence electrons. The first-order chi connectivity index (χ1) is 8.24. The third-order valence-corrected chi connectivity index (χ3v) is 4.44. The zero-order valence-electron chi connectivity index (χ0n) is 9.97. The normalized spacial score (nSPS) is 38.3. The number of unbranched alkanes of at least 4 members (excludes halogenated alkanes) is 2. The van der Waals surface area contributed by atoms with Crippen LogP contribution < -0.4 is 0 Å². The van der Waals surface area contributed by atoms with E-state index in [1.165, 1.54) is 4.90 Å². The predicted molar refractivity (Wildman–Crippen MR) is 63.6 cm³/mol. The number of carbonyl (C=O) groups is 2. The molecular formula is C14H18NO2. The van der Waals surface area contributed by atoms with Gasteiger partial charge in [0.1, 0.15) is 0 Å². The summed E-state index contributed by atoms with van der Waals surface area (Å²) in [5.74, 6) is 0.773. The van der Waals surface area contributed by atoms with Crippen LogP contribution in [0.25, 0.3) is 0 Å². The fourth-order valence-electron chi connectivity index (χ4n) is 3.63. The molecule has 0 aromatic rings. The molecule has 1 heterocycles. The Morgan fingerprint density at radius 1 is 1.12 bits per heavy atom. The summed E-state index contributed by atoms with van der Waals surface area (Å²) in [7, 11) is 0. The van der Waals surface area contributed by atoms with Gasteiger partial charge in [-0.1, -0.05) is 31.9 Å². The van der Waals surface area contributed by atoms with E-state index in [1.807, 2.05) is 0 Å². The Hall–Kier alpha value is -1.12. The predicted octanol–water partition coefficient (Wildman–Crippen LogP) is 1.80. The number of hydrogen-bond donors (Lipinski definition) is 0. The highest BCUT2D eigenvalue weighted by molar-refractivity contribution is 6.06. The first kappa shape index (κ1) is 11.0. The minimum absolute atomic E-state index is 0.0303. The molecule has 0 aromatic heterocycles. The van der Waals surface area contributed by atoms with Crippen LogP contribution >= 0.6 is 0 Å². The number of fused-ring (bicyclic) bond motifs is 5. The summed E-state index contributed by atoms with van der Waals surface area (Å²) in [6.07, 6.45) is 8.03. The highest BCUT2D eigenvalue weighted by atomic mass is 16.2. The van der Waals surface area contributed by atoms with E-state index in [4.69, 9.17) is 0 Å². The van der Waals surface area contributed by atoms with E-state index in [0.29, 0.717) is 18.4 Å². The molecule has 1 saturated carbocycles. The summed E-state index contributed by atoms with van der Waals surface area (Å²) in [6, 6.07) is 0. The van der Waals surface area contributed by atoms with Crippen molar-refractivity contribution in [3.8, 4) is 0 Å². The Morgan fingerprint density at radius 3 is 2.24 bits per heavy atom. The number of nitrogens with zero attached hydrogens (tertiary/aromatic N) is 1. The summed E-state index contributed by atoms with van der Waals surface area (Å²) >= 11 is 0. The van der Waals surface area contributed by atoms with Gasteiger partial charge in [0.05, 0.1) is 11.8 Å². The Morgan fingerprint density at radius 2 is 1.71 bits per heavy atom. The number of imide groups is 1. The van der Waals surface area contributed by atoms with Crippen molar-refractivity contribution in [1.29, 1.82) is 0 Å². The van der Waals surface area contributed by atoms with E-state index in [0.717, 1.165) is 25.7 Å². The minimum Gasteiger partial charge on any atom is -0.282 e. The molecule has 4 atom stereocenters. The van der Waals surface area contributed by atoms with Crippen molar-refractivity contribution in [1.82, 2.24) is 4.90 Å². The monoisotopic (exact) mass is 232 g/mol. The third kappa shape index (κ3) is 1.48. The van der Waals surface area contributed by atoms with E-state index < -0.39 is 0 Å². The molecule has 0 aromatic carbocycles. The topological polar surface area (TPSA) is 37.4 Å². The summed E-state index contributed by atoms with van der Waals surface area (Å²) in [4.78, 5) is 26.0. The fourth-order valence-corrected chi connectivity index (χ4v) is 3.63. The molecule has 2 fully saturated rings. The van der Waals surface area contributed by atoms with Gasteiger partial charge in [0.15, 0.2) is 0 Å². The van der Waals surface area contributed by atoms with Crippen LogP contribution in [-0.2, 0) is 9.59 Å².